The van der Waals surface area contributed by atoms with Gasteiger partial charge in [-0.05, 0) is 49.9 Å². The number of rotatable bonds is 3. The van der Waals surface area contributed by atoms with E-state index in [1.165, 1.54) is 12.1 Å². The lowest BCUT2D eigenvalue weighted by atomic mass is 9.99. The number of amides is 1. The summed E-state index contributed by atoms with van der Waals surface area (Å²) in [5.41, 5.74) is 0.771. The SMILES string of the molecule is CC1CCN(C(=O)C(C)Nc2ccc(F)cc2)CC1. The Morgan fingerprint density at radius 3 is 2.47 bits per heavy atom. The third-order valence-corrected chi connectivity index (χ3v) is 3.69. The van der Waals surface area contributed by atoms with Crippen LogP contribution in [-0.4, -0.2) is 29.9 Å². The number of halogens is 1. The Balaban J connectivity index is 1.90. The summed E-state index contributed by atoms with van der Waals surface area (Å²) >= 11 is 0. The summed E-state index contributed by atoms with van der Waals surface area (Å²) in [6, 6.07) is 5.80. The van der Waals surface area contributed by atoms with Crippen LogP contribution in [0.2, 0.25) is 0 Å². The molecule has 0 aliphatic carbocycles. The lowest BCUT2D eigenvalue weighted by Gasteiger charge is -2.32. The number of piperidine rings is 1. The van der Waals surface area contributed by atoms with E-state index in [-0.39, 0.29) is 17.8 Å². The largest absolute Gasteiger partial charge is 0.374 e. The van der Waals surface area contributed by atoms with E-state index in [2.05, 4.69) is 12.2 Å². The average Bonchev–Trinajstić information content (AvgIpc) is 2.41. The first-order chi connectivity index (χ1) is 9.06. The van der Waals surface area contributed by atoms with Gasteiger partial charge in [-0.15, -0.1) is 0 Å². The predicted molar refractivity (Wildman–Crippen MR) is 74.5 cm³/mol. The van der Waals surface area contributed by atoms with Gasteiger partial charge >= 0.3 is 0 Å². The van der Waals surface area contributed by atoms with Crippen LogP contribution in [0.5, 0.6) is 0 Å². The van der Waals surface area contributed by atoms with Crippen molar-refractivity contribution in [1.82, 2.24) is 4.90 Å². The molecule has 1 atom stereocenters. The molecule has 3 nitrogen and oxygen atoms in total. The quantitative estimate of drug-likeness (QED) is 0.910. The van der Waals surface area contributed by atoms with Crippen molar-refractivity contribution in [3.63, 3.8) is 0 Å². The summed E-state index contributed by atoms with van der Waals surface area (Å²) in [5, 5.41) is 3.12. The summed E-state index contributed by atoms with van der Waals surface area (Å²) in [6.07, 6.45) is 2.16. The topological polar surface area (TPSA) is 32.3 Å². The maximum Gasteiger partial charge on any atom is 0.244 e. The summed E-state index contributed by atoms with van der Waals surface area (Å²) in [6.45, 7) is 5.76. The molecule has 0 spiro atoms. The van der Waals surface area contributed by atoms with Gasteiger partial charge in [-0.3, -0.25) is 4.79 Å². The van der Waals surface area contributed by atoms with Crippen molar-refractivity contribution in [3.05, 3.63) is 30.1 Å². The fourth-order valence-corrected chi connectivity index (χ4v) is 2.36. The van der Waals surface area contributed by atoms with E-state index in [4.69, 9.17) is 0 Å². The fourth-order valence-electron chi connectivity index (χ4n) is 2.36. The van der Waals surface area contributed by atoms with Gasteiger partial charge in [0.2, 0.25) is 5.91 Å². The van der Waals surface area contributed by atoms with Gasteiger partial charge < -0.3 is 10.2 Å². The van der Waals surface area contributed by atoms with Crippen LogP contribution < -0.4 is 5.32 Å². The lowest BCUT2D eigenvalue weighted by molar-refractivity contribution is -0.132. The van der Waals surface area contributed by atoms with Gasteiger partial charge in [0.05, 0.1) is 0 Å². The van der Waals surface area contributed by atoms with Gasteiger partial charge in [-0.25, -0.2) is 4.39 Å². The second-order valence-electron chi connectivity index (χ2n) is 5.38. The Labute approximate surface area is 113 Å². The Morgan fingerprint density at radius 2 is 1.89 bits per heavy atom. The number of likely N-dealkylation sites (tertiary alicyclic amines) is 1. The molecular weight excluding hydrogens is 243 g/mol. The molecule has 1 fully saturated rings. The van der Waals surface area contributed by atoms with Crippen LogP contribution in [0.3, 0.4) is 0 Å². The van der Waals surface area contributed by atoms with E-state index < -0.39 is 0 Å². The van der Waals surface area contributed by atoms with E-state index in [1.807, 2.05) is 11.8 Å². The minimum Gasteiger partial charge on any atom is -0.374 e. The fraction of sp³-hybridized carbons (Fsp3) is 0.533. The summed E-state index contributed by atoms with van der Waals surface area (Å²) in [4.78, 5) is 14.2. The molecule has 0 bridgehead atoms. The first-order valence-electron chi connectivity index (χ1n) is 6.87. The molecule has 1 aliphatic heterocycles. The molecule has 104 valence electrons. The molecule has 1 unspecified atom stereocenters. The maximum absolute atomic E-state index is 12.8. The molecule has 1 saturated heterocycles. The van der Waals surface area contributed by atoms with Crippen LogP contribution in [0.1, 0.15) is 26.7 Å². The highest BCUT2D eigenvalue weighted by Crippen LogP contribution is 2.17. The molecule has 0 saturated carbocycles. The summed E-state index contributed by atoms with van der Waals surface area (Å²) in [7, 11) is 0. The first kappa shape index (κ1) is 13.8. The molecule has 0 radical (unpaired) electrons. The van der Waals surface area contributed by atoms with Gasteiger partial charge in [0.1, 0.15) is 11.9 Å². The minimum absolute atomic E-state index is 0.122. The Bertz CT molecular complexity index is 424. The van der Waals surface area contributed by atoms with Crippen molar-refractivity contribution in [2.24, 2.45) is 5.92 Å². The van der Waals surface area contributed by atoms with Crippen molar-refractivity contribution < 1.29 is 9.18 Å². The number of nitrogens with zero attached hydrogens (tertiary/aromatic N) is 1. The zero-order valence-electron chi connectivity index (χ0n) is 11.5. The van der Waals surface area contributed by atoms with E-state index in [1.54, 1.807) is 12.1 Å². The second-order valence-corrected chi connectivity index (χ2v) is 5.38. The number of benzene rings is 1. The summed E-state index contributed by atoms with van der Waals surface area (Å²) < 4.78 is 12.8. The van der Waals surface area contributed by atoms with Gasteiger partial charge in [0.15, 0.2) is 0 Å². The van der Waals surface area contributed by atoms with Crippen molar-refractivity contribution in [2.45, 2.75) is 32.7 Å². The Morgan fingerprint density at radius 1 is 1.32 bits per heavy atom. The molecule has 1 aromatic rings. The molecule has 1 heterocycles. The average molecular weight is 264 g/mol. The van der Waals surface area contributed by atoms with Crippen LogP contribution in [0.15, 0.2) is 24.3 Å². The van der Waals surface area contributed by atoms with Crippen molar-refractivity contribution in [1.29, 1.82) is 0 Å². The third kappa shape index (κ3) is 3.69. The zero-order valence-corrected chi connectivity index (χ0v) is 11.5. The van der Waals surface area contributed by atoms with E-state index in [0.29, 0.717) is 5.92 Å². The van der Waals surface area contributed by atoms with Crippen LogP contribution in [0.25, 0.3) is 0 Å². The van der Waals surface area contributed by atoms with Crippen LogP contribution in [-0.2, 0) is 4.79 Å². The molecule has 1 aliphatic rings. The summed E-state index contributed by atoms with van der Waals surface area (Å²) in [5.74, 6) is 0.565. The highest BCUT2D eigenvalue weighted by atomic mass is 19.1. The van der Waals surface area contributed by atoms with E-state index in [0.717, 1.165) is 31.6 Å². The molecule has 1 aromatic carbocycles. The molecule has 2 rings (SSSR count). The third-order valence-electron chi connectivity index (χ3n) is 3.69. The number of carbonyl (C=O) groups is 1. The number of hydrogen-bond acceptors (Lipinski definition) is 2. The standard InChI is InChI=1S/C15H21FN2O/c1-11-7-9-18(10-8-11)15(19)12(2)17-14-5-3-13(16)4-6-14/h3-6,11-12,17H,7-10H2,1-2H3. The maximum atomic E-state index is 12.8. The number of anilines is 1. The van der Waals surface area contributed by atoms with E-state index in [9.17, 15) is 9.18 Å². The van der Waals surface area contributed by atoms with Crippen LogP contribution in [0.4, 0.5) is 10.1 Å². The smallest absolute Gasteiger partial charge is 0.244 e. The molecule has 0 aromatic heterocycles. The van der Waals surface area contributed by atoms with Crippen molar-refractivity contribution in [3.8, 4) is 0 Å². The zero-order chi connectivity index (χ0) is 13.8. The number of hydrogen-bond donors (Lipinski definition) is 1. The van der Waals surface area contributed by atoms with Gasteiger partial charge in [0, 0.05) is 18.8 Å². The minimum atomic E-state index is -0.279. The number of nitrogens with one attached hydrogen (secondary N) is 1. The predicted octanol–water partition coefficient (Wildman–Crippen LogP) is 2.88. The molecular formula is C15H21FN2O. The van der Waals surface area contributed by atoms with Crippen molar-refractivity contribution >= 4 is 11.6 Å². The van der Waals surface area contributed by atoms with Crippen LogP contribution >= 0.6 is 0 Å². The van der Waals surface area contributed by atoms with Gasteiger partial charge in [-0.2, -0.15) is 0 Å². The molecule has 4 heteroatoms. The van der Waals surface area contributed by atoms with Crippen LogP contribution in [0, 0.1) is 11.7 Å². The normalized spacial score (nSPS) is 18.2. The van der Waals surface area contributed by atoms with Gasteiger partial charge in [-0.1, -0.05) is 6.92 Å². The second kappa shape index (κ2) is 6.04. The number of carbonyl (C=O) groups excluding carboxylic acids is 1. The molecule has 1 amide bonds. The lowest BCUT2D eigenvalue weighted by Crippen LogP contribution is -2.45. The highest BCUT2D eigenvalue weighted by molar-refractivity contribution is 5.84. The molecule has 19 heavy (non-hydrogen) atoms. The molecule has 1 N–H and O–H groups in total. The monoisotopic (exact) mass is 264 g/mol. The van der Waals surface area contributed by atoms with E-state index >= 15 is 0 Å². The Kier molecular flexibility index (Phi) is 4.40. The van der Waals surface area contributed by atoms with Crippen molar-refractivity contribution in [2.75, 3.05) is 18.4 Å². The van der Waals surface area contributed by atoms with Gasteiger partial charge in [0.25, 0.3) is 0 Å². The highest BCUT2D eigenvalue weighted by Gasteiger charge is 2.24. The Hall–Kier alpha value is -1.58. The first-order valence-corrected chi connectivity index (χ1v) is 6.87.